The van der Waals surface area contributed by atoms with E-state index >= 15 is 0 Å². The lowest BCUT2D eigenvalue weighted by Crippen LogP contribution is -2.60. The minimum absolute atomic E-state index is 0.196. The molecule has 9 nitrogen and oxygen atoms in total. The number of unbranched alkanes of at least 4 members (excludes halogenated alkanes) is 24. The van der Waals surface area contributed by atoms with Crippen molar-refractivity contribution in [2.24, 2.45) is 0 Å². The highest BCUT2D eigenvalue weighted by atomic mass is 16.7. The number of carbonyl (C=O) groups excluding carboxylic acids is 1. The summed E-state index contributed by atoms with van der Waals surface area (Å²) in [5.41, 5.74) is 0. The lowest BCUT2D eigenvalue weighted by molar-refractivity contribution is -0.302. The van der Waals surface area contributed by atoms with E-state index in [1.54, 1.807) is 6.08 Å². The summed E-state index contributed by atoms with van der Waals surface area (Å²) in [6.07, 6.45) is 44.4. The summed E-state index contributed by atoms with van der Waals surface area (Å²) in [5.74, 6) is -0.196. The molecule has 1 saturated heterocycles. The van der Waals surface area contributed by atoms with Crippen LogP contribution in [0.1, 0.15) is 206 Å². The van der Waals surface area contributed by atoms with E-state index in [1.165, 1.54) is 122 Å². The fourth-order valence-corrected chi connectivity index (χ4v) is 7.42. The molecule has 344 valence electrons. The summed E-state index contributed by atoms with van der Waals surface area (Å²) in [7, 11) is 0. The molecule has 1 aliphatic heterocycles. The third kappa shape index (κ3) is 30.8. The Labute approximate surface area is 361 Å². The lowest BCUT2D eigenvalue weighted by Gasteiger charge is -2.40. The smallest absolute Gasteiger partial charge is 0.220 e. The van der Waals surface area contributed by atoms with E-state index in [9.17, 15) is 30.3 Å². The Bertz CT molecular complexity index is 1060. The molecule has 0 aromatic rings. The van der Waals surface area contributed by atoms with Crippen molar-refractivity contribution in [2.75, 3.05) is 13.2 Å². The second-order valence-electron chi connectivity index (χ2n) is 16.9. The molecule has 0 radical (unpaired) electrons. The standard InChI is InChI=1S/C50H91NO8/c1-3-5-7-9-11-13-15-17-19-21-22-24-26-28-30-32-34-36-38-40-46(54)51-43(42-58-50-49(57)48(56)47(55)45(41-52)59-50)44(53)39-37-35-33-31-29-27-25-23-20-18-16-14-12-10-8-6-4-2/h20-23,29,31,37,39,43-45,47-50,52-53,55-57H,3-19,24-28,30,32-36,38,40-42H2,1-2H3,(H,51,54)/b22-21-,23-20+,31-29+,39-37+. The first-order chi connectivity index (χ1) is 28.8. The van der Waals surface area contributed by atoms with Gasteiger partial charge in [-0.1, -0.05) is 178 Å². The van der Waals surface area contributed by atoms with Crippen LogP contribution < -0.4 is 5.32 Å². The fraction of sp³-hybridized carbons (Fsp3) is 0.820. The first-order valence-electron chi connectivity index (χ1n) is 24.4. The van der Waals surface area contributed by atoms with E-state index in [2.05, 4.69) is 55.6 Å². The van der Waals surface area contributed by atoms with Crippen molar-refractivity contribution in [1.82, 2.24) is 5.32 Å². The second-order valence-corrected chi connectivity index (χ2v) is 16.9. The van der Waals surface area contributed by atoms with E-state index in [4.69, 9.17) is 9.47 Å². The van der Waals surface area contributed by atoms with E-state index in [0.29, 0.717) is 6.42 Å². The van der Waals surface area contributed by atoms with E-state index < -0.39 is 49.5 Å². The zero-order valence-electron chi connectivity index (χ0n) is 37.7. The highest BCUT2D eigenvalue weighted by molar-refractivity contribution is 5.76. The molecule has 7 unspecified atom stereocenters. The maximum absolute atomic E-state index is 13.0. The number of aliphatic hydroxyl groups excluding tert-OH is 5. The van der Waals surface area contributed by atoms with Gasteiger partial charge in [-0.25, -0.2) is 0 Å². The maximum atomic E-state index is 13.0. The highest BCUT2D eigenvalue weighted by Crippen LogP contribution is 2.22. The minimum Gasteiger partial charge on any atom is -0.394 e. The van der Waals surface area contributed by atoms with Crippen LogP contribution in [0.2, 0.25) is 0 Å². The molecule has 1 amide bonds. The summed E-state index contributed by atoms with van der Waals surface area (Å²) >= 11 is 0. The summed E-state index contributed by atoms with van der Waals surface area (Å²) < 4.78 is 11.2. The second kappa shape index (κ2) is 40.2. The number of carbonyl (C=O) groups is 1. The zero-order chi connectivity index (χ0) is 43.0. The van der Waals surface area contributed by atoms with Gasteiger partial charge in [-0.05, 0) is 70.6 Å². The average molecular weight is 834 g/mol. The van der Waals surface area contributed by atoms with Crippen LogP contribution in [0.5, 0.6) is 0 Å². The Morgan fingerprint density at radius 1 is 0.559 bits per heavy atom. The molecule has 0 spiro atoms. The number of nitrogens with one attached hydrogen (secondary N) is 1. The third-order valence-electron chi connectivity index (χ3n) is 11.4. The minimum atomic E-state index is -1.58. The van der Waals surface area contributed by atoms with Gasteiger partial charge < -0.3 is 40.3 Å². The van der Waals surface area contributed by atoms with Gasteiger partial charge in [0.25, 0.3) is 0 Å². The normalized spacial score (nSPS) is 21.1. The summed E-state index contributed by atoms with van der Waals surface area (Å²) in [5, 5.41) is 54.2. The van der Waals surface area contributed by atoms with Crippen molar-refractivity contribution in [2.45, 2.75) is 249 Å². The predicted molar refractivity (Wildman–Crippen MR) is 244 cm³/mol. The fourth-order valence-electron chi connectivity index (χ4n) is 7.42. The summed E-state index contributed by atoms with van der Waals surface area (Å²) in [6, 6.07) is -0.830. The van der Waals surface area contributed by atoms with Crippen LogP contribution in [0.3, 0.4) is 0 Å². The summed E-state index contributed by atoms with van der Waals surface area (Å²) in [4.78, 5) is 13.0. The lowest BCUT2D eigenvalue weighted by atomic mass is 9.99. The quantitative estimate of drug-likeness (QED) is 0.0264. The number of aliphatic hydroxyl groups is 5. The number of hydrogen-bond acceptors (Lipinski definition) is 8. The number of allylic oxidation sites excluding steroid dienone is 7. The first kappa shape index (κ1) is 55.2. The molecular weight excluding hydrogens is 743 g/mol. The largest absolute Gasteiger partial charge is 0.394 e. The predicted octanol–water partition coefficient (Wildman–Crippen LogP) is 10.6. The number of ether oxygens (including phenoxy) is 2. The molecule has 0 saturated carbocycles. The van der Waals surface area contributed by atoms with Crippen LogP contribution in [-0.4, -0.2) is 87.5 Å². The van der Waals surface area contributed by atoms with Gasteiger partial charge in [0.15, 0.2) is 6.29 Å². The van der Waals surface area contributed by atoms with Gasteiger partial charge in [0, 0.05) is 6.42 Å². The molecule has 1 fully saturated rings. The van der Waals surface area contributed by atoms with Crippen molar-refractivity contribution in [3.05, 3.63) is 48.6 Å². The van der Waals surface area contributed by atoms with E-state index in [-0.39, 0.29) is 12.5 Å². The molecule has 0 aliphatic carbocycles. The molecule has 9 heteroatoms. The van der Waals surface area contributed by atoms with Gasteiger partial charge in [-0.15, -0.1) is 0 Å². The zero-order valence-corrected chi connectivity index (χ0v) is 37.7. The van der Waals surface area contributed by atoms with Crippen molar-refractivity contribution >= 4 is 5.91 Å². The molecule has 1 rings (SSSR count). The van der Waals surface area contributed by atoms with Crippen LogP contribution in [-0.2, 0) is 14.3 Å². The van der Waals surface area contributed by atoms with Crippen molar-refractivity contribution < 1.29 is 39.8 Å². The maximum Gasteiger partial charge on any atom is 0.220 e. The van der Waals surface area contributed by atoms with Crippen molar-refractivity contribution in [3.63, 3.8) is 0 Å². The van der Waals surface area contributed by atoms with Crippen molar-refractivity contribution in [3.8, 4) is 0 Å². The Hall–Kier alpha value is -1.85. The van der Waals surface area contributed by atoms with Crippen LogP contribution in [0.25, 0.3) is 0 Å². The number of amides is 1. The van der Waals surface area contributed by atoms with Crippen LogP contribution >= 0.6 is 0 Å². The molecule has 7 atom stereocenters. The van der Waals surface area contributed by atoms with Crippen molar-refractivity contribution in [1.29, 1.82) is 0 Å². The van der Waals surface area contributed by atoms with Crippen LogP contribution in [0.15, 0.2) is 48.6 Å². The van der Waals surface area contributed by atoms with E-state index in [1.807, 2.05) is 6.08 Å². The Kier molecular flexibility index (Phi) is 37.6. The van der Waals surface area contributed by atoms with Crippen LogP contribution in [0, 0.1) is 0 Å². The molecule has 59 heavy (non-hydrogen) atoms. The van der Waals surface area contributed by atoms with Gasteiger partial charge >= 0.3 is 0 Å². The Morgan fingerprint density at radius 3 is 1.42 bits per heavy atom. The summed E-state index contributed by atoms with van der Waals surface area (Å²) in [6.45, 7) is 3.74. The molecular formula is C50H91NO8. The Balaban J connectivity index is 2.37. The monoisotopic (exact) mass is 834 g/mol. The van der Waals surface area contributed by atoms with Gasteiger partial charge in [-0.3, -0.25) is 4.79 Å². The highest BCUT2D eigenvalue weighted by Gasteiger charge is 2.44. The molecule has 6 N–H and O–H groups in total. The topological polar surface area (TPSA) is 149 Å². The van der Waals surface area contributed by atoms with Gasteiger partial charge in [0.1, 0.15) is 24.4 Å². The van der Waals surface area contributed by atoms with Gasteiger partial charge in [0.2, 0.25) is 5.91 Å². The van der Waals surface area contributed by atoms with E-state index in [0.717, 1.165) is 64.2 Å². The molecule has 0 aromatic carbocycles. The molecule has 1 aliphatic rings. The molecule has 0 aromatic heterocycles. The first-order valence-corrected chi connectivity index (χ1v) is 24.4. The van der Waals surface area contributed by atoms with Crippen LogP contribution in [0.4, 0.5) is 0 Å². The average Bonchev–Trinajstić information content (AvgIpc) is 3.23. The Morgan fingerprint density at radius 2 is 0.966 bits per heavy atom. The SMILES string of the molecule is CCCCCCCCC/C=C/CC/C=C/CC/C=C/C(O)C(COC1OC(CO)C(O)C(O)C1O)NC(=O)CCCCCCCCC/C=C\CCCCCCCCCC. The number of hydrogen-bond donors (Lipinski definition) is 6. The van der Waals surface area contributed by atoms with Gasteiger partial charge in [-0.2, -0.15) is 0 Å². The number of rotatable bonds is 40. The molecule has 0 bridgehead atoms. The third-order valence-corrected chi connectivity index (χ3v) is 11.4. The van der Waals surface area contributed by atoms with Gasteiger partial charge in [0.05, 0.1) is 25.4 Å². The molecule has 1 heterocycles.